The minimum Gasteiger partial charge on any atom is -0.374 e. The molecule has 0 aliphatic carbocycles. The van der Waals surface area contributed by atoms with E-state index in [4.69, 9.17) is 39.6 Å². The fourth-order valence-corrected chi connectivity index (χ4v) is 5.00. The number of carbonyl (C=O) groups is 2. The van der Waals surface area contributed by atoms with Crippen molar-refractivity contribution in [2.24, 2.45) is 5.16 Å². The van der Waals surface area contributed by atoms with Crippen molar-refractivity contribution in [3.05, 3.63) is 67.9 Å². The van der Waals surface area contributed by atoms with Gasteiger partial charge in [0.1, 0.15) is 12.8 Å². The highest BCUT2D eigenvalue weighted by molar-refractivity contribution is 6.35. The Kier molecular flexibility index (Phi) is 7.95. The fourth-order valence-electron chi connectivity index (χ4n) is 4.25. The van der Waals surface area contributed by atoms with Gasteiger partial charge in [-0.25, -0.2) is 4.39 Å². The highest BCUT2D eigenvalue weighted by atomic mass is 35.5. The Bertz CT molecular complexity index is 1380. The third-order valence-corrected chi connectivity index (χ3v) is 7.11. The third-order valence-electron chi connectivity index (χ3n) is 6.24. The number of benzene rings is 2. The molecule has 0 spiro atoms. The van der Waals surface area contributed by atoms with Crippen molar-refractivity contribution in [2.75, 3.05) is 6.54 Å². The Morgan fingerprint density at radius 3 is 2.27 bits per heavy atom. The van der Waals surface area contributed by atoms with Crippen molar-refractivity contribution in [3.8, 4) is 0 Å². The van der Waals surface area contributed by atoms with Crippen LogP contribution in [0.3, 0.4) is 0 Å². The van der Waals surface area contributed by atoms with Crippen LogP contribution in [-0.4, -0.2) is 58.7 Å². The molecule has 2 aromatic rings. The predicted octanol–water partition coefficient (Wildman–Crippen LogP) is 5.58. The van der Waals surface area contributed by atoms with Crippen LogP contribution in [-0.2, 0) is 15.2 Å². The molecule has 0 aromatic heterocycles. The van der Waals surface area contributed by atoms with Gasteiger partial charge in [-0.05, 0) is 24.3 Å². The second-order valence-corrected chi connectivity index (χ2v) is 10.1. The average Bonchev–Trinajstić information content (AvgIpc) is 3.40. The summed E-state index contributed by atoms with van der Waals surface area (Å²) in [4.78, 5) is 29.6. The number of carbonyl (C=O) groups excluding carboxylic acids is 2. The second kappa shape index (κ2) is 10.5. The largest absolute Gasteiger partial charge is 0.435 e. The molecule has 2 N–H and O–H groups in total. The van der Waals surface area contributed by atoms with Gasteiger partial charge in [0.05, 0.1) is 38.8 Å². The van der Waals surface area contributed by atoms with Gasteiger partial charge >= 0.3 is 12.4 Å². The number of likely N-dealkylation sites (tertiary alicyclic amines) is 1. The number of nitrogens with one attached hydrogen (secondary N) is 1. The molecule has 0 bridgehead atoms. The molecule has 2 unspecified atom stereocenters. The molecule has 2 amide bonds. The molecule has 17 heteroatoms. The summed E-state index contributed by atoms with van der Waals surface area (Å²) in [5.74, 6) is -3.12. The van der Waals surface area contributed by atoms with E-state index in [1.165, 1.54) is 6.07 Å². The Morgan fingerprint density at radius 2 is 1.73 bits per heavy atom. The van der Waals surface area contributed by atoms with Gasteiger partial charge in [0, 0.05) is 17.5 Å². The molecule has 216 valence electrons. The lowest BCUT2D eigenvalue weighted by atomic mass is 9.86. The van der Waals surface area contributed by atoms with E-state index in [0.29, 0.717) is 12.1 Å². The minimum absolute atomic E-state index is 0.0133. The van der Waals surface area contributed by atoms with Crippen LogP contribution in [0.4, 0.5) is 30.7 Å². The van der Waals surface area contributed by atoms with Crippen molar-refractivity contribution in [3.63, 3.8) is 0 Å². The number of hydrogen-bond donors (Lipinski definition) is 2. The second-order valence-electron chi connectivity index (χ2n) is 8.91. The smallest absolute Gasteiger partial charge is 0.374 e. The first-order valence-corrected chi connectivity index (χ1v) is 12.2. The molecule has 2 heterocycles. The van der Waals surface area contributed by atoms with Crippen LogP contribution in [0, 0.1) is 5.82 Å². The standard InChI is InChI=1S/C23H15Cl3F7N3O4/c24-12-3-9(1-2-11(12)19(38)34-15-6-17(37)36(20(15)39)8-22(28,29)30)16-7-21(40-35-16,23(31,32)33)10-4-13(25)18(27)14(26)5-10/h1-5,15,20,39H,6-8H2,(H,34,38)/t15-,20?,21?/m1/s1. The summed E-state index contributed by atoms with van der Waals surface area (Å²) in [5, 5.41) is 14.2. The molecule has 2 aromatic carbocycles. The Hall–Kier alpha value is -2.81. The lowest BCUT2D eigenvalue weighted by Crippen LogP contribution is -2.47. The number of nitrogens with zero attached hydrogens (tertiary/aromatic N) is 2. The summed E-state index contributed by atoms with van der Waals surface area (Å²) in [5.41, 5.74) is -4.17. The van der Waals surface area contributed by atoms with Gasteiger partial charge in [-0.1, -0.05) is 46.0 Å². The first-order chi connectivity index (χ1) is 18.4. The number of oxime groups is 1. The topological polar surface area (TPSA) is 91.2 Å². The Morgan fingerprint density at radius 1 is 1.10 bits per heavy atom. The number of amides is 2. The molecule has 2 aliphatic heterocycles. The molecule has 7 nitrogen and oxygen atoms in total. The van der Waals surface area contributed by atoms with Crippen LogP contribution in [0.15, 0.2) is 35.5 Å². The van der Waals surface area contributed by atoms with E-state index in [0.717, 1.165) is 12.1 Å². The fraction of sp³-hybridized carbons (Fsp3) is 0.348. The molecular formula is C23H15Cl3F7N3O4. The van der Waals surface area contributed by atoms with Gasteiger partial charge in [0.2, 0.25) is 5.91 Å². The SMILES string of the molecule is O=C(N[C@@H]1CC(=O)N(CC(F)(F)F)C1O)c1ccc(C2=NOC(c3cc(Cl)c(F)c(Cl)c3)(C(F)(F)F)C2)cc1Cl. The predicted molar refractivity (Wildman–Crippen MR) is 127 cm³/mol. The number of alkyl halides is 6. The van der Waals surface area contributed by atoms with E-state index in [2.05, 4.69) is 10.5 Å². The lowest BCUT2D eigenvalue weighted by Gasteiger charge is -2.29. The van der Waals surface area contributed by atoms with Gasteiger partial charge in [-0.15, -0.1) is 0 Å². The molecule has 2 aliphatic rings. The van der Waals surface area contributed by atoms with Crippen LogP contribution < -0.4 is 5.32 Å². The summed E-state index contributed by atoms with van der Waals surface area (Å²) in [6, 6.07) is 3.44. The summed E-state index contributed by atoms with van der Waals surface area (Å²) in [6.45, 7) is -1.71. The third kappa shape index (κ3) is 5.67. The average molecular weight is 637 g/mol. The number of rotatable bonds is 5. The minimum atomic E-state index is -5.06. The number of halogens is 10. The van der Waals surface area contributed by atoms with E-state index in [-0.39, 0.29) is 26.8 Å². The maximum Gasteiger partial charge on any atom is 0.435 e. The first kappa shape index (κ1) is 30.2. The zero-order chi connectivity index (χ0) is 29.8. The normalized spacial score (nSPS) is 23.3. The van der Waals surface area contributed by atoms with Crippen molar-refractivity contribution in [1.82, 2.24) is 10.2 Å². The van der Waals surface area contributed by atoms with Gasteiger partial charge in [0.25, 0.3) is 11.5 Å². The van der Waals surface area contributed by atoms with E-state index in [1.54, 1.807) is 0 Å². The van der Waals surface area contributed by atoms with Crippen LogP contribution >= 0.6 is 34.8 Å². The van der Waals surface area contributed by atoms with Crippen LogP contribution in [0.1, 0.15) is 34.3 Å². The number of aliphatic hydroxyl groups excluding tert-OH is 1. The molecule has 1 saturated heterocycles. The highest BCUT2D eigenvalue weighted by Crippen LogP contribution is 2.50. The molecule has 0 saturated carbocycles. The van der Waals surface area contributed by atoms with Gasteiger partial charge in [-0.3, -0.25) is 9.59 Å². The van der Waals surface area contributed by atoms with Gasteiger partial charge in [-0.2, -0.15) is 26.3 Å². The Labute approximate surface area is 235 Å². The first-order valence-electron chi connectivity index (χ1n) is 11.1. The van der Waals surface area contributed by atoms with Crippen molar-refractivity contribution < 1.29 is 50.3 Å². The van der Waals surface area contributed by atoms with E-state index < -0.39 is 82.9 Å². The number of aliphatic hydroxyl groups is 1. The molecule has 0 radical (unpaired) electrons. The van der Waals surface area contributed by atoms with E-state index in [1.807, 2.05) is 0 Å². The van der Waals surface area contributed by atoms with E-state index >= 15 is 0 Å². The van der Waals surface area contributed by atoms with Crippen LogP contribution in [0.5, 0.6) is 0 Å². The molecule has 4 rings (SSSR count). The molecule has 40 heavy (non-hydrogen) atoms. The number of hydrogen-bond acceptors (Lipinski definition) is 5. The van der Waals surface area contributed by atoms with Gasteiger partial charge < -0.3 is 20.2 Å². The van der Waals surface area contributed by atoms with Crippen molar-refractivity contribution in [1.29, 1.82) is 0 Å². The molecule has 3 atom stereocenters. The van der Waals surface area contributed by atoms with Crippen LogP contribution in [0.2, 0.25) is 15.1 Å². The Balaban J connectivity index is 1.53. The maximum atomic E-state index is 14.2. The monoisotopic (exact) mass is 635 g/mol. The lowest BCUT2D eigenvalue weighted by molar-refractivity contribution is -0.275. The molecule has 1 fully saturated rings. The molecular weight excluding hydrogens is 622 g/mol. The van der Waals surface area contributed by atoms with Crippen molar-refractivity contribution in [2.45, 2.75) is 43.1 Å². The van der Waals surface area contributed by atoms with E-state index in [9.17, 15) is 45.4 Å². The zero-order valence-electron chi connectivity index (χ0n) is 19.5. The summed E-state index contributed by atoms with van der Waals surface area (Å²) < 4.78 is 94.5. The van der Waals surface area contributed by atoms with Crippen molar-refractivity contribution >= 4 is 52.3 Å². The highest BCUT2D eigenvalue weighted by Gasteiger charge is 2.62. The summed E-state index contributed by atoms with van der Waals surface area (Å²) in [6.07, 6.45) is -13.3. The quantitative estimate of drug-likeness (QED) is 0.331. The van der Waals surface area contributed by atoms with Gasteiger partial charge in [0.15, 0.2) is 5.82 Å². The van der Waals surface area contributed by atoms with Crippen LogP contribution in [0.25, 0.3) is 0 Å². The summed E-state index contributed by atoms with van der Waals surface area (Å²) in [7, 11) is 0. The zero-order valence-corrected chi connectivity index (χ0v) is 21.8. The summed E-state index contributed by atoms with van der Waals surface area (Å²) >= 11 is 17.5. The maximum absolute atomic E-state index is 14.2.